The van der Waals surface area contributed by atoms with Gasteiger partial charge in [-0.25, -0.2) is 4.98 Å². The Morgan fingerprint density at radius 3 is 2.79 bits per heavy atom. The summed E-state index contributed by atoms with van der Waals surface area (Å²) in [5, 5.41) is 7.11. The van der Waals surface area contributed by atoms with Crippen molar-refractivity contribution in [3.63, 3.8) is 0 Å². The number of para-hydroxylation sites is 1. The summed E-state index contributed by atoms with van der Waals surface area (Å²) < 4.78 is 2.12. The van der Waals surface area contributed by atoms with E-state index in [1.54, 1.807) is 6.20 Å². The highest BCUT2D eigenvalue weighted by Gasteiger charge is 2.26. The molecule has 0 radical (unpaired) electrons. The third kappa shape index (κ3) is 3.20. The number of nitrogens with one attached hydrogen (secondary N) is 1. The second kappa shape index (κ2) is 7.20. The number of aromatic nitrogens is 4. The van der Waals surface area contributed by atoms with Crippen molar-refractivity contribution in [1.29, 1.82) is 0 Å². The maximum Gasteiger partial charge on any atom is 0.253 e. The number of fused-ring (bicyclic) bond motifs is 1. The van der Waals surface area contributed by atoms with Crippen LogP contribution >= 0.6 is 0 Å². The molecule has 2 aromatic carbocycles. The number of rotatable bonds is 3. The first kappa shape index (κ1) is 17.7. The van der Waals surface area contributed by atoms with Gasteiger partial charge < -0.3 is 4.90 Å². The predicted molar refractivity (Wildman–Crippen MR) is 112 cm³/mol. The van der Waals surface area contributed by atoms with Crippen LogP contribution in [0, 0.1) is 6.92 Å². The van der Waals surface area contributed by atoms with E-state index in [1.165, 1.54) is 0 Å². The highest BCUT2D eigenvalue weighted by molar-refractivity contribution is 5.97. The molecule has 0 unspecified atom stereocenters. The largest absolute Gasteiger partial charge is 0.338 e. The van der Waals surface area contributed by atoms with Gasteiger partial charge in [0.05, 0.1) is 11.0 Å². The van der Waals surface area contributed by atoms with Gasteiger partial charge in [-0.05, 0) is 56.2 Å². The molecule has 0 spiro atoms. The number of imidazole rings is 1. The maximum atomic E-state index is 13.2. The molecule has 6 nitrogen and oxygen atoms in total. The molecule has 146 valence electrons. The van der Waals surface area contributed by atoms with Crippen molar-refractivity contribution >= 4 is 16.9 Å². The minimum absolute atomic E-state index is 0.0722. The Morgan fingerprint density at radius 2 is 2.00 bits per heavy atom. The number of aryl methyl sites for hydroxylation is 1. The van der Waals surface area contributed by atoms with Crippen LogP contribution in [0.3, 0.4) is 0 Å². The molecule has 1 fully saturated rings. The summed E-state index contributed by atoms with van der Waals surface area (Å²) in [5.74, 6) is 1.30. The third-order valence-corrected chi connectivity index (χ3v) is 5.75. The van der Waals surface area contributed by atoms with E-state index in [4.69, 9.17) is 4.98 Å². The molecule has 1 saturated heterocycles. The van der Waals surface area contributed by atoms with Crippen molar-refractivity contribution in [3.05, 3.63) is 77.9 Å². The summed E-state index contributed by atoms with van der Waals surface area (Å²) in [6.45, 7) is 3.50. The third-order valence-electron chi connectivity index (χ3n) is 5.75. The Balaban J connectivity index is 1.44. The van der Waals surface area contributed by atoms with E-state index >= 15 is 0 Å². The molecule has 0 saturated carbocycles. The average Bonchev–Trinajstić information content (AvgIpc) is 3.41. The molecule has 4 aromatic rings. The van der Waals surface area contributed by atoms with E-state index < -0.39 is 0 Å². The SMILES string of the molecule is Cc1nc2cc(C(=O)N3CCC[C@H](c4ccn[nH]4)C3)ccc2n1-c1ccccc1. The van der Waals surface area contributed by atoms with Crippen LogP contribution in [-0.2, 0) is 0 Å². The fourth-order valence-electron chi connectivity index (χ4n) is 4.33. The van der Waals surface area contributed by atoms with Crippen molar-refractivity contribution in [2.75, 3.05) is 13.1 Å². The fourth-order valence-corrected chi connectivity index (χ4v) is 4.33. The van der Waals surface area contributed by atoms with Crippen LogP contribution in [0.5, 0.6) is 0 Å². The lowest BCUT2D eigenvalue weighted by molar-refractivity contribution is 0.0706. The number of benzene rings is 2. The quantitative estimate of drug-likeness (QED) is 0.578. The number of likely N-dealkylation sites (tertiary alicyclic amines) is 1. The zero-order valence-electron chi connectivity index (χ0n) is 16.4. The first-order valence-corrected chi connectivity index (χ1v) is 10.0. The van der Waals surface area contributed by atoms with Gasteiger partial charge in [-0.1, -0.05) is 18.2 Å². The minimum Gasteiger partial charge on any atom is -0.338 e. The number of carbonyl (C=O) groups is 1. The Hall–Kier alpha value is -3.41. The molecule has 1 amide bonds. The smallest absolute Gasteiger partial charge is 0.253 e. The summed E-state index contributed by atoms with van der Waals surface area (Å²) in [4.78, 5) is 19.9. The lowest BCUT2D eigenvalue weighted by Crippen LogP contribution is -2.39. The van der Waals surface area contributed by atoms with Crippen LogP contribution in [0.2, 0.25) is 0 Å². The number of piperidine rings is 1. The number of amides is 1. The zero-order valence-corrected chi connectivity index (χ0v) is 16.4. The molecule has 0 bridgehead atoms. The summed E-state index contributed by atoms with van der Waals surface area (Å²) in [6.07, 6.45) is 3.85. The van der Waals surface area contributed by atoms with Crippen LogP contribution in [0.1, 0.15) is 40.6 Å². The Labute approximate surface area is 169 Å². The molecule has 29 heavy (non-hydrogen) atoms. The number of carbonyl (C=O) groups excluding carboxylic acids is 1. The van der Waals surface area contributed by atoms with Gasteiger partial charge in [0, 0.05) is 42.1 Å². The normalized spacial score (nSPS) is 17.0. The molecule has 1 N–H and O–H groups in total. The van der Waals surface area contributed by atoms with Crippen molar-refractivity contribution in [1.82, 2.24) is 24.6 Å². The van der Waals surface area contributed by atoms with Gasteiger partial charge in [0.1, 0.15) is 5.82 Å². The monoisotopic (exact) mass is 385 g/mol. The Morgan fingerprint density at radius 1 is 1.14 bits per heavy atom. The van der Waals surface area contributed by atoms with Crippen LogP contribution in [0.15, 0.2) is 60.8 Å². The molecule has 5 rings (SSSR count). The van der Waals surface area contributed by atoms with Gasteiger partial charge in [-0.3, -0.25) is 14.5 Å². The molecular formula is C23H23N5O. The van der Waals surface area contributed by atoms with E-state index in [0.29, 0.717) is 11.5 Å². The fraction of sp³-hybridized carbons (Fsp3) is 0.261. The van der Waals surface area contributed by atoms with Gasteiger partial charge in [0.25, 0.3) is 5.91 Å². The minimum atomic E-state index is 0.0722. The summed E-state index contributed by atoms with van der Waals surface area (Å²) in [5.41, 5.74) is 4.74. The van der Waals surface area contributed by atoms with Gasteiger partial charge >= 0.3 is 0 Å². The van der Waals surface area contributed by atoms with Crippen LogP contribution in [0.4, 0.5) is 0 Å². The number of nitrogens with zero attached hydrogens (tertiary/aromatic N) is 4. The number of hydrogen-bond donors (Lipinski definition) is 1. The lowest BCUT2D eigenvalue weighted by Gasteiger charge is -2.32. The molecule has 1 aliphatic rings. The predicted octanol–water partition coefficient (Wildman–Crippen LogP) is 4.08. The van der Waals surface area contributed by atoms with E-state index in [0.717, 1.165) is 54.2 Å². The molecule has 6 heteroatoms. The second-order valence-electron chi connectivity index (χ2n) is 7.64. The van der Waals surface area contributed by atoms with Crippen molar-refractivity contribution < 1.29 is 4.79 Å². The van der Waals surface area contributed by atoms with Crippen LogP contribution < -0.4 is 0 Å². The van der Waals surface area contributed by atoms with Crippen LogP contribution in [0.25, 0.3) is 16.7 Å². The summed E-state index contributed by atoms with van der Waals surface area (Å²) in [6, 6.07) is 18.0. The first-order chi connectivity index (χ1) is 14.2. The van der Waals surface area contributed by atoms with E-state index in [1.807, 2.05) is 54.3 Å². The number of hydrogen-bond acceptors (Lipinski definition) is 3. The highest BCUT2D eigenvalue weighted by atomic mass is 16.2. The zero-order chi connectivity index (χ0) is 19.8. The van der Waals surface area contributed by atoms with Gasteiger partial charge in [-0.15, -0.1) is 0 Å². The number of aromatic amines is 1. The van der Waals surface area contributed by atoms with Gasteiger partial charge in [0.2, 0.25) is 0 Å². The molecule has 0 aliphatic carbocycles. The number of H-pyrrole nitrogens is 1. The van der Waals surface area contributed by atoms with E-state index in [2.05, 4.69) is 26.9 Å². The highest BCUT2D eigenvalue weighted by Crippen LogP contribution is 2.27. The van der Waals surface area contributed by atoms with Crippen molar-refractivity contribution in [2.24, 2.45) is 0 Å². The molecule has 3 heterocycles. The molecule has 1 aliphatic heterocycles. The van der Waals surface area contributed by atoms with E-state index in [-0.39, 0.29) is 5.91 Å². The van der Waals surface area contributed by atoms with Crippen LogP contribution in [-0.4, -0.2) is 43.6 Å². The Bertz CT molecular complexity index is 1150. The topological polar surface area (TPSA) is 66.8 Å². The van der Waals surface area contributed by atoms with Crippen molar-refractivity contribution in [3.8, 4) is 5.69 Å². The Kier molecular flexibility index (Phi) is 4.39. The first-order valence-electron chi connectivity index (χ1n) is 10.0. The van der Waals surface area contributed by atoms with Gasteiger partial charge in [0.15, 0.2) is 0 Å². The average molecular weight is 385 g/mol. The van der Waals surface area contributed by atoms with E-state index in [9.17, 15) is 4.79 Å². The summed E-state index contributed by atoms with van der Waals surface area (Å²) >= 11 is 0. The second-order valence-corrected chi connectivity index (χ2v) is 7.64. The molecule has 2 aromatic heterocycles. The molecular weight excluding hydrogens is 362 g/mol. The maximum absolute atomic E-state index is 13.2. The molecule has 1 atom stereocenters. The lowest BCUT2D eigenvalue weighted by atomic mass is 9.94. The van der Waals surface area contributed by atoms with Crippen molar-refractivity contribution in [2.45, 2.75) is 25.7 Å². The van der Waals surface area contributed by atoms with Gasteiger partial charge in [-0.2, -0.15) is 5.10 Å². The standard InChI is InChI=1S/C23H23N5O/c1-16-25-21-14-17(9-10-22(21)28(16)19-7-3-2-4-8-19)23(29)27-13-5-6-18(15-27)20-11-12-24-26-20/h2-4,7-12,14,18H,5-6,13,15H2,1H3,(H,24,26)/t18-/m0/s1. The summed E-state index contributed by atoms with van der Waals surface area (Å²) in [7, 11) is 0.